The minimum absolute atomic E-state index is 0.783. The van der Waals surface area contributed by atoms with E-state index in [9.17, 15) is 0 Å². The van der Waals surface area contributed by atoms with Crippen LogP contribution in [0, 0.1) is 91.7 Å². The van der Waals surface area contributed by atoms with Gasteiger partial charge in [0.1, 0.15) is 0 Å². The molecule has 16 saturated carbocycles. The summed E-state index contributed by atoms with van der Waals surface area (Å²) in [7, 11) is 0. The van der Waals surface area contributed by atoms with Gasteiger partial charge in [0.05, 0.1) is 0 Å². The maximum absolute atomic E-state index is 1.76. The second-order valence-corrected chi connectivity index (χ2v) is 21.4. The Morgan fingerprint density at radius 3 is 0.625 bits per heavy atom. The Hall–Kier alpha value is 0. The van der Waals surface area contributed by atoms with E-state index in [2.05, 4.69) is 0 Å². The minimum atomic E-state index is 0.783. The van der Waals surface area contributed by atoms with E-state index in [0.29, 0.717) is 0 Å². The van der Waals surface area contributed by atoms with Gasteiger partial charge < -0.3 is 0 Å². The first-order valence-corrected chi connectivity index (χ1v) is 19.4. The van der Waals surface area contributed by atoms with Crippen LogP contribution >= 0.6 is 0 Å². The molecule has 218 valence electrons. The van der Waals surface area contributed by atoms with Crippen LogP contribution in [-0.4, -0.2) is 0 Å². The van der Waals surface area contributed by atoms with Crippen LogP contribution < -0.4 is 0 Å². The fraction of sp³-hybridized carbons (Fsp3) is 1.00. The number of hydrogen-bond acceptors (Lipinski definition) is 0. The molecule has 0 N–H and O–H groups in total. The predicted octanol–water partition coefficient (Wildman–Crippen LogP) is 10.6. The van der Waals surface area contributed by atoms with Crippen LogP contribution in [0.15, 0.2) is 0 Å². The first-order chi connectivity index (χ1) is 19.4. The van der Waals surface area contributed by atoms with Crippen molar-refractivity contribution in [1.82, 2.24) is 0 Å². The Kier molecular flexibility index (Phi) is 4.07. The van der Waals surface area contributed by atoms with Gasteiger partial charge in [-0.3, -0.25) is 0 Å². The van der Waals surface area contributed by atoms with Crippen molar-refractivity contribution in [2.24, 2.45) is 91.7 Å². The zero-order valence-electron chi connectivity index (χ0n) is 25.7. The van der Waals surface area contributed by atoms with Crippen molar-refractivity contribution >= 4 is 0 Å². The van der Waals surface area contributed by atoms with Gasteiger partial charge in [0.15, 0.2) is 0 Å². The maximum Gasteiger partial charge on any atom is -0.0230 e. The van der Waals surface area contributed by atoms with E-state index in [1.54, 1.807) is 154 Å². The van der Waals surface area contributed by atoms with E-state index in [-0.39, 0.29) is 0 Å². The summed E-state index contributed by atoms with van der Waals surface area (Å²) >= 11 is 0. The zero-order chi connectivity index (χ0) is 25.7. The average Bonchev–Trinajstić information content (AvgIpc) is 2.86. The van der Waals surface area contributed by atoms with Gasteiger partial charge in [-0.05, 0) is 246 Å². The lowest BCUT2D eigenvalue weighted by Crippen LogP contribution is -2.70. The molecule has 16 aliphatic rings. The Morgan fingerprint density at radius 2 is 0.375 bits per heavy atom. The molecule has 16 aliphatic carbocycles. The van der Waals surface area contributed by atoms with Crippen LogP contribution in [-0.2, 0) is 0 Å². The Bertz CT molecular complexity index is 964. The Balaban J connectivity index is 0.970. The van der Waals surface area contributed by atoms with Crippen LogP contribution in [0.25, 0.3) is 0 Å². The summed E-state index contributed by atoms with van der Waals surface area (Å²) in [5, 5.41) is 0. The molecule has 16 bridgehead atoms. The Labute approximate surface area is 245 Å². The second kappa shape index (κ2) is 6.95. The first kappa shape index (κ1) is 23.4. The number of rotatable bonds is 3. The van der Waals surface area contributed by atoms with Crippen LogP contribution in [0.1, 0.15) is 154 Å². The zero-order valence-corrected chi connectivity index (χ0v) is 25.7. The van der Waals surface area contributed by atoms with Crippen molar-refractivity contribution in [1.29, 1.82) is 0 Å². The first-order valence-electron chi connectivity index (χ1n) is 19.4. The molecule has 0 aromatic heterocycles. The quantitative estimate of drug-likeness (QED) is 0.335. The molecular weight excluding hydrogens is 480 g/mol. The summed E-state index contributed by atoms with van der Waals surface area (Å²) < 4.78 is 0. The molecule has 16 fully saturated rings. The Morgan fingerprint density at radius 1 is 0.200 bits per heavy atom. The molecular formula is C40H58. The molecule has 0 aromatic rings. The van der Waals surface area contributed by atoms with Crippen molar-refractivity contribution < 1.29 is 0 Å². The van der Waals surface area contributed by atoms with E-state index in [1.165, 1.54) is 0 Å². The highest BCUT2D eigenvalue weighted by Gasteiger charge is 2.75. The van der Waals surface area contributed by atoms with E-state index in [0.717, 1.165) is 91.7 Å². The van der Waals surface area contributed by atoms with Crippen LogP contribution in [0.4, 0.5) is 0 Å². The highest BCUT2D eigenvalue weighted by Crippen LogP contribution is 2.85. The van der Waals surface area contributed by atoms with Gasteiger partial charge in [0.25, 0.3) is 0 Å². The van der Waals surface area contributed by atoms with Crippen LogP contribution in [0.3, 0.4) is 0 Å². The normalized spacial score (nSPS) is 70.2. The summed E-state index contributed by atoms with van der Waals surface area (Å²) in [4.78, 5) is 0. The molecule has 8 atom stereocenters. The van der Waals surface area contributed by atoms with Gasteiger partial charge in [-0.1, -0.05) is 0 Å². The molecule has 0 aromatic carbocycles. The van der Waals surface area contributed by atoms with Gasteiger partial charge in [-0.25, -0.2) is 0 Å². The number of hydrogen-bond donors (Lipinski definition) is 0. The van der Waals surface area contributed by atoms with Crippen molar-refractivity contribution in [2.75, 3.05) is 0 Å². The van der Waals surface area contributed by atoms with Gasteiger partial charge in [-0.2, -0.15) is 0 Å². The maximum atomic E-state index is 1.76. The van der Waals surface area contributed by atoms with Gasteiger partial charge in [0, 0.05) is 0 Å². The van der Waals surface area contributed by atoms with Gasteiger partial charge in [0.2, 0.25) is 0 Å². The fourth-order valence-corrected chi connectivity index (χ4v) is 20.5. The molecule has 0 nitrogen and oxygen atoms in total. The summed E-state index contributed by atoms with van der Waals surface area (Å²) in [6.07, 6.45) is 40.6. The third-order valence-corrected chi connectivity index (χ3v) is 19.6. The van der Waals surface area contributed by atoms with Crippen molar-refractivity contribution in [3.63, 3.8) is 0 Å². The smallest absolute Gasteiger partial charge is 0.0230 e. The summed E-state index contributed by atoms with van der Waals surface area (Å²) in [5.41, 5.74) is 4.78. The lowest BCUT2D eigenvalue weighted by atomic mass is 9.25. The van der Waals surface area contributed by atoms with E-state index in [4.69, 9.17) is 0 Å². The topological polar surface area (TPSA) is 0 Å². The predicted molar refractivity (Wildman–Crippen MR) is 160 cm³/mol. The lowest BCUT2D eigenvalue weighted by molar-refractivity contribution is -0.295. The van der Waals surface area contributed by atoms with Crippen molar-refractivity contribution in [3.05, 3.63) is 0 Å². The third-order valence-electron chi connectivity index (χ3n) is 19.6. The van der Waals surface area contributed by atoms with Crippen molar-refractivity contribution in [3.8, 4) is 0 Å². The standard InChI is InChI=1S/C40H58/c1-25-2-27-3-26(1)10-35(9-25,11-27)37-15-31-7-32(16-37)20-39(19-31,23-37)40-21-33-8-34(22-40)18-38(17-33,24-40)36-12-28-4-29(13-36)6-30(5-28)14-36/h25-34H,1-24H2/t25?,26?,27?,28?,29?,30?,31-,32+,33-,34+,35?,36?,37?,38?,39?,40?. The molecule has 16 rings (SSSR count). The van der Waals surface area contributed by atoms with Crippen LogP contribution in [0.5, 0.6) is 0 Å². The summed E-state index contributed by atoms with van der Waals surface area (Å²) in [5.74, 6) is 11.4. The monoisotopic (exact) mass is 538 g/mol. The molecule has 0 radical (unpaired) electrons. The molecule has 0 spiro atoms. The SMILES string of the molecule is C1C2CC3CC1CC(C14C[C@H]5C[C@@H](C1)CC(C16C[C@@H]7C[C@@H](CC(C89CC%10CC(CC(C%10)C8)C9)(C7)C1)C6)(C5)C4)(C2)C3. The van der Waals surface area contributed by atoms with Crippen LogP contribution in [0.2, 0.25) is 0 Å². The second-order valence-electron chi connectivity index (χ2n) is 21.4. The highest BCUT2D eigenvalue weighted by molar-refractivity contribution is 5.25. The largest absolute Gasteiger partial charge is 0.0475 e. The average molecular weight is 539 g/mol. The van der Waals surface area contributed by atoms with Gasteiger partial charge in [-0.15, -0.1) is 0 Å². The minimum Gasteiger partial charge on any atom is -0.0475 e. The fourth-order valence-electron chi connectivity index (χ4n) is 20.5. The third kappa shape index (κ3) is 2.62. The van der Waals surface area contributed by atoms with E-state index < -0.39 is 0 Å². The lowest BCUT2D eigenvalue weighted by Gasteiger charge is -2.79. The van der Waals surface area contributed by atoms with E-state index in [1.807, 2.05) is 0 Å². The molecule has 0 saturated heterocycles. The summed E-state index contributed by atoms with van der Waals surface area (Å²) in [6.45, 7) is 0. The molecule has 0 aliphatic heterocycles. The highest BCUT2D eigenvalue weighted by atomic mass is 14.8. The molecule has 40 heavy (non-hydrogen) atoms. The van der Waals surface area contributed by atoms with Crippen molar-refractivity contribution in [2.45, 2.75) is 154 Å². The van der Waals surface area contributed by atoms with E-state index >= 15 is 0 Å². The molecule has 0 heteroatoms. The molecule has 4 unspecified atom stereocenters. The van der Waals surface area contributed by atoms with Gasteiger partial charge >= 0.3 is 0 Å². The molecule has 0 heterocycles. The summed E-state index contributed by atoms with van der Waals surface area (Å²) in [6, 6.07) is 0. The molecule has 0 amide bonds.